The number of benzene rings is 1. The van der Waals surface area contributed by atoms with E-state index in [1.807, 2.05) is 0 Å². The van der Waals surface area contributed by atoms with Crippen molar-refractivity contribution in [3.63, 3.8) is 0 Å². The van der Waals surface area contributed by atoms with E-state index in [-0.39, 0.29) is 42.2 Å². The monoisotopic (exact) mass is 330 g/mol. The molecule has 0 saturated carbocycles. The Morgan fingerprint density at radius 1 is 1.21 bits per heavy atom. The lowest BCUT2D eigenvalue weighted by molar-refractivity contribution is -0.149. The van der Waals surface area contributed by atoms with Gasteiger partial charge in [0.05, 0.1) is 11.1 Å². The van der Waals surface area contributed by atoms with Crippen molar-refractivity contribution in [3.05, 3.63) is 29.3 Å². The topological polar surface area (TPSA) is 101 Å². The van der Waals surface area contributed by atoms with E-state index in [4.69, 9.17) is 4.74 Å². The summed E-state index contributed by atoms with van der Waals surface area (Å²) in [5, 5.41) is 0. The van der Waals surface area contributed by atoms with Gasteiger partial charge in [-0.1, -0.05) is 6.07 Å². The number of piperidine rings is 1. The Kier molecular flexibility index (Phi) is 3.88. The fourth-order valence-electron chi connectivity index (χ4n) is 2.94. The minimum Gasteiger partial charge on any atom is -0.485 e. The molecule has 24 heavy (non-hydrogen) atoms. The first-order valence-electron chi connectivity index (χ1n) is 7.35. The first kappa shape index (κ1) is 15.9. The quantitative estimate of drug-likeness (QED) is 0.569. The second-order valence-corrected chi connectivity index (χ2v) is 5.48. The van der Waals surface area contributed by atoms with Crippen molar-refractivity contribution in [2.75, 3.05) is 13.7 Å². The molecular weight excluding hydrogens is 316 g/mol. The highest BCUT2D eigenvalue weighted by molar-refractivity contribution is 6.24. The van der Waals surface area contributed by atoms with Crippen LogP contribution in [0.15, 0.2) is 18.2 Å². The summed E-state index contributed by atoms with van der Waals surface area (Å²) in [6.45, 7) is -0.252. The first-order chi connectivity index (χ1) is 11.5. The largest absolute Gasteiger partial charge is 0.485 e. The molecule has 4 amide bonds. The van der Waals surface area contributed by atoms with Gasteiger partial charge in [-0.05, 0) is 18.6 Å². The van der Waals surface area contributed by atoms with E-state index < -0.39 is 23.8 Å². The fourth-order valence-corrected chi connectivity index (χ4v) is 2.94. The number of fused-ring (bicyclic) bond motifs is 1. The maximum absolute atomic E-state index is 12.7. The van der Waals surface area contributed by atoms with Crippen molar-refractivity contribution in [3.8, 4) is 5.75 Å². The van der Waals surface area contributed by atoms with Crippen LogP contribution in [0, 0.1) is 0 Å². The van der Waals surface area contributed by atoms with E-state index >= 15 is 0 Å². The molecule has 8 heteroatoms. The zero-order valence-corrected chi connectivity index (χ0v) is 12.9. The number of rotatable bonds is 4. The van der Waals surface area contributed by atoms with Gasteiger partial charge in [0.15, 0.2) is 6.29 Å². The smallest absolute Gasteiger partial charge is 0.266 e. The van der Waals surface area contributed by atoms with E-state index in [2.05, 4.69) is 0 Å². The number of likely N-dealkylation sites (N-methyl/N-ethyl adjacent to an activating group) is 1. The van der Waals surface area contributed by atoms with Gasteiger partial charge in [0.1, 0.15) is 18.4 Å². The summed E-state index contributed by atoms with van der Waals surface area (Å²) >= 11 is 0. The number of imide groups is 2. The van der Waals surface area contributed by atoms with Crippen LogP contribution in [0.3, 0.4) is 0 Å². The van der Waals surface area contributed by atoms with E-state index in [0.717, 1.165) is 9.80 Å². The van der Waals surface area contributed by atoms with Gasteiger partial charge in [0.2, 0.25) is 5.91 Å². The van der Waals surface area contributed by atoms with Crippen molar-refractivity contribution in [1.82, 2.24) is 9.80 Å². The third-order valence-corrected chi connectivity index (χ3v) is 4.15. The molecule has 2 aliphatic heterocycles. The molecule has 1 unspecified atom stereocenters. The summed E-state index contributed by atoms with van der Waals surface area (Å²) < 4.78 is 5.20. The SMILES string of the molecule is CN1C(=O)CCC(N2C(=O)c3cccc(OCC=O)c3C2=O)C1=O. The molecule has 8 nitrogen and oxygen atoms in total. The lowest BCUT2D eigenvalue weighted by atomic mass is 10.0. The van der Waals surface area contributed by atoms with Crippen LogP contribution in [-0.4, -0.2) is 59.4 Å². The fraction of sp³-hybridized carbons (Fsp3) is 0.312. The summed E-state index contributed by atoms with van der Waals surface area (Å²) in [4.78, 5) is 61.5. The second kappa shape index (κ2) is 5.88. The van der Waals surface area contributed by atoms with Crippen LogP contribution in [0.4, 0.5) is 0 Å². The Labute approximate surface area is 137 Å². The molecule has 0 radical (unpaired) electrons. The molecule has 2 heterocycles. The summed E-state index contributed by atoms with van der Waals surface area (Å²) in [7, 11) is 1.33. The molecule has 3 rings (SSSR count). The lowest BCUT2D eigenvalue weighted by Crippen LogP contribution is -2.54. The third kappa shape index (κ3) is 2.27. The normalized spacial score (nSPS) is 20.5. The molecule has 1 aromatic rings. The summed E-state index contributed by atoms with van der Waals surface area (Å²) in [5.41, 5.74) is 0.160. The number of hydrogen-bond donors (Lipinski definition) is 0. The van der Waals surface area contributed by atoms with Gasteiger partial charge in [0.25, 0.3) is 17.7 Å². The van der Waals surface area contributed by atoms with Gasteiger partial charge < -0.3 is 4.74 Å². The molecular formula is C16H14N2O6. The molecule has 1 saturated heterocycles. The first-order valence-corrected chi connectivity index (χ1v) is 7.35. The number of amides is 4. The molecule has 2 aliphatic rings. The molecule has 1 aromatic carbocycles. The number of aldehydes is 1. The standard InChI is InChI=1S/C16H14N2O6/c1-17-12(20)6-5-10(15(17)22)18-14(21)9-3-2-4-11(24-8-7-19)13(9)16(18)23/h2-4,7,10H,5-6,8H2,1H3. The van der Waals surface area contributed by atoms with Gasteiger partial charge >= 0.3 is 0 Å². The molecule has 0 N–H and O–H groups in total. The van der Waals surface area contributed by atoms with Crippen LogP contribution in [0.2, 0.25) is 0 Å². The average molecular weight is 330 g/mol. The molecule has 124 valence electrons. The Morgan fingerprint density at radius 3 is 2.67 bits per heavy atom. The zero-order chi connectivity index (χ0) is 17.4. The highest BCUT2D eigenvalue weighted by atomic mass is 16.5. The van der Waals surface area contributed by atoms with E-state index in [0.29, 0.717) is 6.29 Å². The highest BCUT2D eigenvalue weighted by Gasteiger charge is 2.47. The molecule has 0 aliphatic carbocycles. The van der Waals surface area contributed by atoms with Crippen LogP contribution < -0.4 is 4.74 Å². The van der Waals surface area contributed by atoms with Crippen molar-refractivity contribution < 1.29 is 28.7 Å². The minimum absolute atomic E-state index is 0.0386. The average Bonchev–Trinajstić information content (AvgIpc) is 2.83. The van der Waals surface area contributed by atoms with Gasteiger partial charge in [-0.2, -0.15) is 0 Å². The second-order valence-electron chi connectivity index (χ2n) is 5.48. The molecule has 0 aromatic heterocycles. The zero-order valence-electron chi connectivity index (χ0n) is 12.9. The summed E-state index contributed by atoms with van der Waals surface area (Å²) in [6, 6.07) is 3.46. The number of likely N-dealkylation sites (tertiary alicyclic amines) is 1. The number of ether oxygens (including phenoxy) is 1. The van der Waals surface area contributed by atoms with Gasteiger partial charge in [-0.25, -0.2) is 0 Å². The summed E-state index contributed by atoms with van der Waals surface area (Å²) in [5.74, 6) is -2.07. The van der Waals surface area contributed by atoms with Crippen LogP contribution >= 0.6 is 0 Å². The van der Waals surface area contributed by atoms with E-state index in [1.54, 1.807) is 0 Å². The number of carbonyl (C=O) groups excluding carboxylic acids is 5. The Bertz CT molecular complexity index is 772. The van der Waals surface area contributed by atoms with E-state index in [9.17, 15) is 24.0 Å². The maximum Gasteiger partial charge on any atom is 0.266 e. The minimum atomic E-state index is -1.01. The highest BCUT2D eigenvalue weighted by Crippen LogP contribution is 2.34. The van der Waals surface area contributed by atoms with Crippen molar-refractivity contribution in [1.29, 1.82) is 0 Å². The number of hydrogen-bond acceptors (Lipinski definition) is 6. The van der Waals surface area contributed by atoms with Crippen molar-refractivity contribution in [2.45, 2.75) is 18.9 Å². The van der Waals surface area contributed by atoms with Gasteiger partial charge in [-0.3, -0.25) is 33.8 Å². The van der Waals surface area contributed by atoms with E-state index in [1.165, 1.54) is 25.2 Å². The molecule has 1 atom stereocenters. The lowest BCUT2D eigenvalue weighted by Gasteiger charge is -2.32. The predicted molar refractivity (Wildman–Crippen MR) is 79.3 cm³/mol. The Balaban J connectivity index is 1.97. The molecule has 1 fully saturated rings. The summed E-state index contributed by atoms with van der Waals surface area (Å²) in [6.07, 6.45) is 0.705. The third-order valence-electron chi connectivity index (χ3n) is 4.15. The van der Waals surface area contributed by atoms with Crippen molar-refractivity contribution in [2.24, 2.45) is 0 Å². The maximum atomic E-state index is 12.7. The van der Waals surface area contributed by atoms with Crippen LogP contribution in [0.5, 0.6) is 5.75 Å². The Morgan fingerprint density at radius 2 is 1.96 bits per heavy atom. The van der Waals surface area contributed by atoms with Crippen LogP contribution in [0.1, 0.15) is 33.6 Å². The van der Waals surface area contributed by atoms with Crippen LogP contribution in [-0.2, 0) is 14.4 Å². The molecule has 0 spiro atoms. The van der Waals surface area contributed by atoms with Gasteiger partial charge in [0, 0.05) is 13.5 Å². The Hall–Kier alpha value is -3.03. The van der Waals surface area contributed by atoms with Crippen LogP contribution in [0.25, 0.3) is 0 Å². The number of carbonyl (C=O) groups is 5. The number of nitrogens with zero attached hydrogens (tertiary/aromatic N) is 2. The predicted octanol–water partition coefficient (Wildman–Crippen LogP) is 0.00770. The van der Waals surface area contributed by atoms with Crippen molar-refractivity contribution >= 4 is 29.9 Å². The van der Waals surface area contributed by atoms with Gasteiger partial charge in [-0.15, -0.1) is 0 Å². The molecule has 0 bridgehead atoms.